The molecule has 0 saturated carbocycles. The van der Waals surface area contributed by atoms with E-state index in [1.807, 2.05) is 10.3 Å². The lowest BCUT2D eigenvalue weighted by Gasteiger charge is -2.26. The minimum Gasteiger partial charge on any atom is -0.335 e. The topological polar surface area (TPSA) is 45.2 Å². The summed E-state index contributed by atoms with van der Waals surface area (Å²) in [6.45, 7) is 7.63. The van der Waals surface area contributed by atoms with Gasteiger partial charge in [0.05, 0.1) is 5.01 Å². The summed E-state index contributed by atoms with van der Waals surface area (Å²) in [6, 6.07) is 0. The maximum absolute atomic E-state index is 12.2. The van der Waals surface area contributed by atoms with Crippen LogP contribution in [0.5, 0.6) is 0 Å². The molecule has 0 aromatic carbocycles. The SMILES string of the molecule is CCC(C)c1nc(C(=O)N2CCNCC2)cs1. The van der Waals surface area contributed by atoms with Gasteiger partial charge in [0.2, 0.25) is 0 Å². The molecule has 1 aliphatic heterocycles. The Bertz CT molecular complexity index is 385. The van der Waals surface area contributed by atoms with Crippen LogP contribution >= 0.6 is 11.3 Å². The molecule has 1 fully saturated rings. The van der Waals surface area contributed by atoms with E-state index >= 15 is 0 Å². The fourth-order valence-corrected chi connectivity index (χ4v) is 2.75. The molecular weight excluding hydrogens is 234 g/mol. The van der Waals surface area contributed by atoms with E-state index in [1.54, 1.807) is 11.3 Å². The molecule has 17 heavy (non-hydrogen) atoms. The fourth-order valence-electron chi connectivity index (χ4n) is 1.82. The van der Waals surface area contributed by atoms with Crippen molar-refractivity contribution < 1.29 is 4.79 Å². The highest BCUT2D eigenvalue weighted by atomic mass is 32.1. The van der Waals surface area contributed by atoms with Crippen LogP contribution in [0.1, 0.15) is 41.7 Å². The van der Waals surface area contributed by atoms with Crippen molar-refractivity contribution >= 4 is 17.2 Å². The normalized spacial score (nSPS) is 18.1. The van der Waals surface area contributed by atoms with Gasteiger partial charge in [0.1, 0.15) is 5.69 Å². The van der Waals surface area contributed by atoms with E-state index in [-0.39, 0.29) is 5.91 Å². The summed E-state index contributed by atoms with van der Waals surface area (Å²) in [7, 11) is 0. The predicted octanol–water partition coefficient (Wildman–Crippen LogP) is 1.70. The van der Waals surface area contributed by atoms with Crippen molar-refractivity contribution in [1.82, 2.24) is 15.2 Å². The third kappa shape index (κ3) is 2.84. The fraction of sp³-hybridized carbons (Fsp3) is 0.667. The Balaban J connectivity index is 2.06. The Morgan fingerprint density at radius 3 is 2.94 bits per heavy atom. The summed E-state index contributed by atoms with van der Waals surface area (Å²) in [6.07, 6.45) is 1.06. The zero-order valence-corrected chi connectivity index (χ0v) is 11.2. The molecule has 1 saturated heterocycles. The van der Waals surface area contributed by atoms with Crippen LogP contribution in [0.25, 0.3) is 0 Å². The van der Waals surface area contributed by atoms with Crippen LogP contribution in [0.3, 0.4) is 0 Å². The maximum atomic E-state index is 12.2. The highest BCUT2D eigenvalue weighted by Gasteiger charge is 2.21. The van der Waals surface area contributed by atoms with E-state index in [1.165, 1.54) is 0 Å². The van der Waals surface area contributed by atoms with E-state index in [9.17, 15) is 4.79 Å². The Labute approximate surface area is 106 Å². The number of amides is 1. The van der Waals surface area contributed by atoms with Crippen molar-refractivity contribution in [2.24, 2.45) is 0 Å². The Morgan fingerprint density at radius 1 is 1.59 bits per heavy atom. The van der Waals surface area contributed by atoms with Gasteiger partial charge in [-0.3, -0.25) is 4.79 Å². The van der Waals surface area contributed by atoms with Gasteiger partial charge in [-0.15, -0.1) is 11.3 Å². The Kier molecular flexibility index (Phi) is 4.12. The second-order valence-electron chi connectivity index (χ2n) is 4.42. The molecule has 1 aromatic rings. The average molecular weight is 253 g/mol. The number of nitrogens with zero attached hydrogens (tertiary/aromatic N) is 2. The van der Waals surface area contributed by atoms with Gasteiger partial charge in [-0.2, -0.15) is 0 Å². The summed E-state index contributed by atoms with van der Waals surface area (Å²) in [5.41, 5.74) is 0.618. The number of piperazine rings is 1. The number of rotatable bonds is 3. The second-order valence-corrected chi connectivity index (χ2v) is 5.31. The molecule has 2 rings (SSSR count). The van der Waals surface area contributed by atoms with Crippen molar-refractivity contribution in [3.63, 3.8) is 0 Å². The summed E-state index contributed by atoms with van der Waals surface area (Å²) < 4.78 is 0. The molecular formula is C12H19N3OS. The van der Waals surface area contributed by atoms with Gasteiger partial charge in [-0.05, 0) is 6.42 Å². The summed E-state index contributed by atoms with van der Waals surface area (Å²) in [5, 5.41) is 6.21. The Morgan fingerprint density at radius 2 is 2.29 bits per heavy atom. The molecule has 1 amide bonds. The van der Waals surface area contributed by atoms with Crippen molar-refractivity contribution in [2.45, 2.75) is 26.2 Å². The van der Waals surface area contributed by atoms with E-state index in [0.717, 1.165) is 37.6 Å². The lowest BCUT2D eigenvalue weighted by atomic mass is 10.1. The van der Waals surface area contributed by atoms with E-state index in [4.69, 9.17) is 0 Å². The molecule has 1 unspecified atom stereocenters. The van der Waals surface area contributed by atoms with Crippen LogP contribution in [0.4, 0.5) is 0 Å². The maximum Gasteiger partial charge on any atom is 0.273 e. The lowest BCUT2D eigenvalue weighted by molar-refractivity contribution is 0.0730. The van der Waals surface area contributed by atoms with Crippen molar-refractivity contribution in [3.8, 4) is 0 Å². The van der Waals surface area contributed by atoms with E-state index in [2.05, 4.69) is 24.1 Å². The molecule has 4 nitrogen and oxygen atoms in total. The third-order valence-corrected chi connectivity index (χ3v) is 4.26. The third-order valence-electron chi connectivity index (χ3n) is 3.18. The first-order chi connectivity index (χ1) is 8.22. The molecule has 0 spiro atoms. The van der Waals surface area contributed by atoms with Gasteiger partial charge in [-0.1, -0.05) is 13.8 Å². The molecule has 0 aliphatic carbocycles. The van der Waals surface area contributed by atoms with Crippen LogP contribution in [0, 0.1) is 0 Å². The number of carbonyl (C=O) groups excluding carboxylic acids is 1. The number of hydrogen-bond donors (Lipinski definition) is 1. The molecule has 2 heterocycles. The van der Waals surface area contributed by atoms with Crippen LogP contribution in [-0.2, 0) is 0 Å². The summed E-state index contributed by atoms with van der Waals surface area (Å²) in [4.78, 5) is 18.5. The smallest absolute Gasteiger partial charge is 0.273 e. The number of nitrogens with one attached hydrogen (secondary N) is 1. The number of aromatic nitrogens is 1. The number of hydrogen-bond acceptors (Lipinski definition) is 4. The number of carbonyl (C=O) groups is 1. The lowest BCUT2D eigenvalue weighted by Crippen LogP contribution is -2.46. The van der Waals surface area contributed by atoms with Gasteiger partial charge in [0, 0.05) is 37.5 Å². The van der Waals surface area contributed by atoms with Crippen LogP contribution in [0.15, 0.2) is 5.38 Å². The molecule has 1 N–H and O–H groups in total. The van der Waals surface area contributed by atoms with Crippen molar-refractivity contribution in [2.75, 3.05) is 26.2 Å². The quantitative estimate of drug-likeness (QED) is 0.892. The second kappa shape index (κ2) is 5.60. The molecule has 1 aromatic heterocycles. The van der Waals surface area contributed by atoms with Crippen molar-refractivity contribution in [3.05, 3.63) is 16.1 Å². The van der Waals surface area contributed by atoms with Crippen LogP contribution in [0.2, 0.25) is 0 Å². The summed E-state index contributed by atoms with van der Waals surface area (Å²) >= 11 is 1.60. The highest BCUT2D eigenvalue weighted by Crippen LogP contribution is 2.23. The van der Waals surface area contributed by atoms with Gasteiger partial charge in [-0.25, -0.2) is 4.98 Å². The van der Waals surface area contributed by atoms with Crippen molar-refractivity contribution in [1.29, 1.82) is 0 Å². The van der Waals surface area contributed by atoms with Gasteiger partial charge in [0.25, 0.3) is 5.91 Å². The minimum absolute atomic E-state index is 0.0808. The largest absolute Gasteiger partial charge is 0.335 e. The zero-order chi connectivity index (χ0) is 12.3. The molecule has 0 radical (unpaired) electrons. The Hall–Kier alpha value is -0.940. The monoisotopic (exact) mass is 253 g/mol. The van der Waals surface area contributed by atoms with E-state index < -0.39 is 0 Å². The highest BCUT2D eigenvalue weighted by molar-refractivity contribution is 7.09. The molecule has 1 aliphatic rings. The molecule has 94 valence electrons. The molecule has 5 heteroatoms. The molecule has 1 atom stereocenters. The standard InChI is InChI=1S/C12H19N3OS/c1-3-9(2)11-14-10(8-17-11)12(16)15-6-4-13-5-7-15/h8-9,13H,3-7H2,1-2H3. The molecule has 0 bridgehead atoms. The zero-order valence-electron chi connectivity index (χ0n) is 10.4. The van der Waals surface area contributed by atoms with Gasteiger partial charge in [0.15, 0.2) is 0 Å². The first-order valence-corrected chi connectivity index (χ1v) is 7.05. The summed E-state index contributed by atoms with van der Waals surface area (Å²) in [5.74, 6) is 0.530. The first kappa shape index (κ1) is 12.5. The van der Waals surface area contributed by atoms with Gasteiger partial charge >= 0.3 is 0 Å². The van der Waals surface area contributed by atoms with E-state index in [0.29, 0.717) is 11.6 Å². The minimum atomic E-state index is 0.0808. The number of thiazole rings is 1. The first-order valence-electron chi connectivity index (χ1n) is 6.17. The van der Waals surface area contributed by atoms with Gasteiger partial charge < -0.3 is 10.2 Å². The predicted molar refractivity (Wildman–Crippen MR) is 69.6 cm³/mol. The average Bonchev–Trinajstić information content (AvgIpc) is 2.87. The van der Waals surface area contributed by atoms with Crippen LogP contribution in [-0.4, -0.2) is 42.0 Å². The van der Waals surface area contributed by atoms with Crippen LogP contribution < -0.4 is 5.32 Å².